The lowest BCUT2D eigenvalue weighted by Gasteiger charge is -2.16. The molecule has 0 fully saturated rings. The van der Waals surface area contributed by atoms with Crippen LogP contribution in [0.1, 0.15) is 28.4 Å². The maximum absolute atomic E-state index is 12.8. The molecule has 1 unspecified atom stereocenters. The summed E-state index contributed by atoms with van der Waals surface area (Å²) in [4.78, 5) is 0. The van der Waals surface area contributed by atoms with E-state index in [1.165, 1.54) is 12.1 Å². The number of aliphatic hydroxyl groups is 1. The Kier molecular flexibility index (Phi) is 3.34. The van der Waals surface area contributed by atoms with E-state index in [0.29, 0.717) is 16.8 Å². The van der Waals surface area contributed by atoms with Gasteiger partial charge in [-0.2, -0.15) is 0 Å². The molecule has 94 valence electrons. The third kappa shape index (κ3) is 2.22. The molecule has 0 saturated carbocycles. The molecule has 2 rings (SSSR count). The fraction of sp³-hybridized carbons (Fsp3) is 0.200. The molecule has 0 aliphatic rings. The highest BCUT2D eigenvalue weighted by Crippen LogP contribution is 2.30. The molecule has 0 aliphatic carbocycles. The van der Waals surface area contributed by atoms with Crippen molar-refractivity contribution in [2.45, 2.75) is 20.0 Å². The average Bonchev–Trinajstić information content (AvgIpc) is 2.36. The van der Waals surface area contributed by atoms with Gasteiger partial charge in [-0.05, 0) is 42.7 Å². The molecular weight excluding hydrogens is 229 g/mol. The molecule has 0 aliphatic heterocycles. The second-order valence-corrected chi connectivity index (χ2v) is 4.46. The smallest absolute Gasteiger partial charge is 0.123 e. The van der Waals surface area contributed by atoms with Gasteiger partial charge in [0.2, 0.25) is 0 Å². The topological polar surface area (TPSA) is 46.2 Å². The molecule has 0 aromatic heterocycles. The number of hydrogen-bond donors (Lipinski definition) is 2. The summed E-state index contributed by atoms with van der Waals surface area (Å²) in [5, 5.41) is 10.3. The number of nitrogen functional groups attached to an aromatic ring is 1. The Bertz CT molecular complexity index is 563. The van der Waals surface area contributed by atoms with Crippen LogP contribution >= 0.6 is 0 Å². The fourth-order valence-electron chi connectivity index (χ4n) is 1.92. The molecule has 1 atom stereocenters. The summed E-state index contributed by atoms with van der Waals surface area (Å²) in [7, 11) is 0. The Labute approximate surface area is 106 Å². The maximum Gasteiger partial charge on any atom is 0.123 e. The second-order valence-electron chi connectivity index (χ2n) is 4.46. The molecule has 0 saturated heterocycles. The van der Waals surface area contributed by atoms with Gasteiger partial charge in [0.05, 0.1) is 0 Å². The van der Waals surface area contributed by atoms with E-state index in [0.717, 1.165) is 11.1 Å². The Morgan fingerprint density at radius 2 is 1.67 bits per heavy atom. The number of aliphatic hydroxyl groups excluding tert-OH is 1. The van der Waals surface area contributed by atoms with Crippen molar-refractivity contribution >= 4 is 5.69 Å². The molecule has 0 bridgehead atoms. The van der Waals surface area contributed by atoms with Crippen LogP contribution < -0.4 is 5.73 Å². The summed E-state index contributed by atoms with van der Waals surface area (Å²) >= 11 is 0. The van der Waals surface area contributed by atoms with Gasteiger partial charge in [0, 0.05) is 11.3 Å². The van der Waals surface area contributed by atoms with Crippen LogP contribution in [0.15, 0.2) is 36.4 Å². The van der Waals surface area contributed by atoms with Crippen molar-refractivity contribution in [1.82, 2.24) is 0 Å². The van der Waals surface area contributed by atoms with E-state index in [1.807, 2.05) is 26.0 Å². The van der Waals surface area contributed by atoms with Gasteiger partial charge >= 0.3 is 0 Å². The predicted octanol–water partition coefficient (Wildman–Crippen LogP) is 3.11. The van der Waals surface area contributed by atoms with Crippen LogP contribution in [0, 0.1) is 19.7 Å². The van der Waals surface area contributed by atoms with Gasteiger partial charge in [-0.25, -0.2) is 4.39 Å². The minimum absolute atomic E-state index is 0.320. The Morgan fingerprint density at radius 1 is 1.06 bits per heavy atom. The molecule has 0 radical (unpaired) electrons. The number of anilines is 1. The summed E-state index contributed by atoms with van der Waals surface area (Å²) in [5.74, 6) is -0.320. The van der Waals surface area contributed by atoms with E-state index in [-0.39, 0.29) is 5.82 Å². The number of rotatable bonds is 2. The van der Waals surface area contributed by atoms with Crippen LogP contribution in [-0.4, -0.2) is 5.11 Å². The first-order valence-electron chi connectivity index (χ1n) is 5.80. The highest BCUT2D eigenvalue weighted by Gasteiger charge is 2.15. The second kappa shape index (κ2) is 4.78. The summed E-state index contributed by atoms with van der Waals surface area (Å²) < 4.78 is 12.8. The van der Waals surface area contributed by atoms with Crippen molar-refractivity contribution in [3.8, 4) is 0 Å². The van der Waals surface area contributed by atoms with E-state index in [9.17, 15) is 9.50 Å². The monoisotopic (exact) mass is 245 g/mol. The summed E-state index contributed by atoms with van der Waals surface area (Å²) in [6.07, 6.45) is -0.829. The van der Waals surface area contributed by atoms with Gasteiger partial charge in [-0.3, -0.25) is 0 Å². The van der Waals surface area contributed by atoms with Crippen LogP contribution in [0.4, 0.5) is 10.1 Å². The number of aryl methyl sites for hydroxylation is 1. The lowest BCUT2D eigenvalue weighted by molar-refractivity contribution is 0.221. The van der Waals surface area contributed by atoms with Gasteiger partial charge in [0.25, 0.3) is 0 Å². The minimum Gasteiger partial charge on any atom is -0.398 e. The Morgan fingerprint density at radius 3 is 2.28 bits per heavy atom. The van der Waals surface area contributed by atoms with Gasteiger partial charge < -0.3 is 10.8 Å². The van der Waals surface area contributed by atoms with Gasteiger partial charge in [0.1, 0.15) is 11.9 Å². The zero-order chi connectivity index (χ0) is 13.3. The predicted molar refractivity (Wildman–Crippen MR) is 70.8 cm³/mol. The molecule has 0 heterocycles. The lowest BCUT2D eigenvalue weighted by Crippen LogP contribution is -2.06. The molecular formula is C15H16FNO. The Hall–Kier alpha value is -1.87. The quantitative estimate of drug-likeness (QED) is 0.798. The first-order chi connectivity index (χ1) is 8.50. The number of hydrogen-bond acceptors (Lipinski definition) is 2. The van der Waals surface area contributed by atoms with E-state index < -0.39 is 6.10 Å². The van der Waals surface area contributed by atoms with E-state index in [1.54, 1.807) is 12.1 Å². The SMILES string of the molecule is Cc1ccc(C(O)c2ccc(F)cc2)c(N)c1C. The first-order valence-corrected chi connectivity index (χ1v) is 5.80. The molecule has 0 spiro atoms. The van der Waals surface area contributed by atoms with Gasteiger partial charge in [0.15, 0.2) is 0 Å². The number of nitrogens with two attached hydrogens (primary N) is 1. The number of benzene rings is 2. The van der Waals surface area contributed by atoms with Crippen LogP contribution in [0.2, 0.25) is 0 Å². The van der Waals surface area contributed by atoms with Crippen molar-refractivity contribution < 1.29 is 9.50 Å². The van der Waals surface area contributed by atoms with E-state index >= 15 is 0 Å². The maximum atomic E-state index is 12.8. The third-order valence-electron chi connectivity index (χ3n) is 3.30. The zero-order valence-corrected chi connectivity index (χ0v) is 10.4. The summed E-state index contributed by atoms with van der Waals surface area (Å²) in [5.41, 5.74) is 9.95. The third-order valence-corrected chi connectivity index (χ3v) is 3.30. The van der Waals surface area contributed by atoms with Crippen LogP contribution in [0.3, 0.4) is 0 Å². The molecule has 0 amide bonds. The molecule has 3 heteroatoms. The zero-order valence-electron chi connectivity index (χ0n) is 10.4. The van der Waals surface area contributed by atoms with Crippen LogP contribution in [-0.2, 0) is 0 Å². The van der Waals surface area contributed by atoms with Crippen molar-refractivity contribution in [1.29, 1.82) is 0 Å². The van der Waals surface area contributed by atoms with Crippen molar-refractivity contribution in [2.75, 3.05) is 5.73 Å². The standard InChI is InChI=1S/C15H16FNO/c1-9-3-8-13(14(17)10(9)2)15(18)11-4-6-12(16)7-5-11/h3-8,15,18H,17H2,1-2H3. The van der Waals surface area contributed by atoms with Crippen LogP contribution in [0.5, 0.6) is 0 Å². The van der Waals surface area contributed by atoms with Crippen molar-refractivity contribution in [2.24, 2.45) is 0 Å². The number of halogens is 1. The first kappa shape index (κ1) is 12.6. The molecule has 2 nitrogen and oxygen atoms in total. The summed E-state index contributed by atoms with van der Waals surface area (Å²) in [6.45, 7) is 3.89. The lowest BCUT2D eigenvalue weighted by atomic mass is 9.95. The summed E-state index contributed by atoms with van der Waals surface area (Å²) in [6, 6.07) is 9.52. The fourth-order valence-corrected chi connectivity index (χ4v) is 1.92. The molecule has 18 heavy (non-hydrogen) atoms. The normalized spacial score (nSPS) is 12.4. The highest BCUT2D eigenvalue weighted by molar-refractivity contribution is 5.58. The van der Waals surface area contributed by atoms with Crippen molar-refractivity contribution in [3.63, 3.8) is 0 Å². The van der Waals surface area contributed by atoms with Gasteiger partial charge in [-0.15, -0.1) is 0 Å². The molecule has 2 aromatic carbocycles. The minimum atomic E-state index is -0.829. The molecule has 2 aromatic rings. The van der Waals surface area contributed by atoms with E-state index in [4.69, 9.17) is 5.73 Å². The van der Waals surface area contributed by atoms with E-state index in [2.05, 4.69) is 0 Å². The Balaban J connectivity index is 2.43. The molecule has 3 N–H and O–H groups in total. The largest absolute Gasteiger partial charge is 0.398 e. The average molecular weight is 245 g/mol. The van der Waals surface area contributed by atoms with Crippen molar-refractivity contribution in [3.05, 3.63) is 64.5 Å². The highest BCUT2D eigenvalue weighted by atomic mass is 19.1. The van der Waals surface area contributed by atoms with Gasteiger partial charge in [-0.1, -0.05) is 24.3 Å². The van der Waals surface area contributed by atoms with Crippen LogP contribution in [0.25, 0.3) is 0 Å².